The Morgan fingerprint density at radius 2 is 1.48 bits per heavy atom. The monoisotopic (exact) mass is 368 g/mol. The molecular formula is C23H32N2O2. The van der Waals surface area contributed by atoms with E-state index in [1.54, 1.807) is 12.1 Å². The smallest absolute Gasteiger partial charge is 0.338 e. The Kier molecular flexibility index (Phi) is 9.53. The Bertz CT molecular complexity index is 666. The number of aryl methyl sites for hydroxylation is 1. The first-order chi connectivity index (χ1) is 13.2. The number of nitrogens with zero attached hydrogens (tertiary/aromatic N) is 2. The van der Waals surface area contributed by atoms with Crippen molar-refractivity contribution in [3.63, 3.8) is 0 Å². The van der Waals surface area contributed by atoms with E-state index in [1.807, 2.05) is 24.5 Å². The van der Waals surface area contributed by atoms with Crippen LogP contribution in [0.2, 0.25) is 0 Å². The standard InChI is InChI=1S/C23H32N2O2/c1-3-5-7-9-11-19-17-24-22(25-18-19)20-12-14-21(15-13-20)23(26)27-16-10-8-6-4-2/h12-15,17-18H,3-11,16H2,1-2H3. The molecule has 0 aliphatic carbocycles. The minimum Gasteiger partial charge on any atom is -0.462 e. The van der Waals surface area contributed by atoms with Crippen molar-refractivity contribution >= 4 is 5.97 Å². The van der Waals surface area contributed by atoms with Gasteiger partial charge in [-0.05, 0) is 37.0 Å². The number of rotatable bonds is 12. The van der Waals surface area contributed by atoms with Crippen LogP contribution in [0.1, 0.15) is 81.1 Å². The summed E-state index contributed by atoms with van der Waals surface area (Å²) in [6, 6.07) is 7.32. The molecule has 0 unspecified atom stereocenters. The predicted molar refractivity (Wildman–Crippen MR) is 110 cm³/mol. The van der Waals surface area contributed by atoms with E-state index in [2.05, 4.69) is 23.8 Å². The maximum Gasteiger partial charge on any atom is 0.338 e. The fourth-order valence-electron chi connectivity index (χ4n) is 2.92. The molecule has 4 heteroatoms. The van der Waals surface area contributed by atoms with E-state index in [1.165, 1.54) is 44.1 Å². The van der Waals surface area contributed by atoms with Crippen molar-refractivity contribution in [2.45, 2.75) is 71.6 Å². The van der Waals surface area contributed by atoms with Gasteiger partial charge in [0.1, 0.15) is 0 Å². The minimum absolute atomic E-state index is 0.263. The molecule has 1 heterocycles. The highest BCUT2D eigenvalue weighted by Gasteiger charge is 2.08. The number of hydrogen-bond donors (Lipinski definition) is 0. The van der Waals surface area contributed by atoms with Crippen LogP contribution in [0.3, 0.4) is 0 Å². The van der Waals surface area contributed by atoms with Crippen LogP contribution in [0.25, 0.3) is 11.4 Å². The summed E-state index contributed by atoms with van der Waals surface area (Å²) in [6.45, 7) is 4.87. The molecule has 146 valence electrons. The summed E-state index contributed by atoms with van der Waals surface area (Å²) < 4.78 is 5.32. The van der Waals surface area contributed by atoms with E-state index in [0.29, 0.717) is 18.0 Å². The van der Waals surface area contributed by atoms with E-state index in [4.69, 9.17) is 4.74 Å². The SMILES string of the molecule is CCCCCCOC(=O)c1ccc(-c2ncc(CCCCCC)cn2)cc1. The van der Waals surface area contributed by atoms with Gasteiger partial charge >= 0.3 is 5.97 Å². The van der Waals surface area contributed by atoms with Crippen molar-refractivity contribution in [3.05, 3.63) is 47.8 Å². The van der Waals surface area contributed by atoms with Gasteiger partial charge in [-0.1, -0.05) is 64.5 Å². The molecule has 27 heavy (non-hydrogen) atoms. The molecule has 0 saturated carbocycles. The summed E-state index contributed by atoms with van der Waals surface area (Å²) in [4.78, 5) is 21.0. The Morgan fingerprint density at radius 1 is 0.852 bits per heavy atom. The number of hydrogen-bond acceptors (Lipinski definition) is 4. The van der Waals surface area contributed by atoms with Gasteiger partial charge in [0.2, 0.25) is 0 Å². The summed E-state index contributed by atoms with van der Waals surface area (Å²) in [7, 11) is 0. The van der Waals surface area contributed by atoms with Gasteiger partial charge in [0.05, 0.1) is 12.2 Å². The number of unbranched alkanes of at least 4 members (excludes halogenated alkanes) is 6. The van der Waals surface area contributed by atoms with Gasteiger partial charge in [-0.2, -0.15) is 0 Å². The van der Waals surface area contributed by atoms with E-state index < -0.39 is 0 Å². The lowest BCUT2D eigenvalue weighted by atomic mass is 10.1. The van der Waals surface area contributed by atoms with Crippen LogP contribution < -0.4 is 0 Å². The highest BCUT2D eigenvalue weighted by Crippen LogP contribution is 2.17. The van der Waals surface area contributed by atoms with Crippen molar-refractivity contribution < 1.29 is 9.53 Å². The van der Waals surface area contributed by atoms with Gasteiger partial charge in [-0.25, -0.2) is 14.8 Å². The molecule has 0 saturated heterocycles. The predicted octanol–water partition coefficient (Wildman–Crippen LogP) is 6.00. The molecular weight excluding hydrogens is 336 g/mol. The third-order valence-corrected chi connectivity index (χ3v) is 4.63. The molecule has 2 rings (SSSR count). The molecule has 0 amide bonds. The van der Waals surface area contributed by atoms with Crippen LogP contribution in [0, 0.1) is 0 Å². The van der Waals surface area contributed by atoms with Gasteiger partial charge in [0.15, 0.2) is 5.82 Å². The number of ether oxygens (including phenoxy) is 1. The third kappa shape index (κ3) is 7.49. The second-order valence-corrected chi connectivity index (χ2v) is 7.00. The lowest BCUT2D eigenvalue weighted by Gasteiger charge is -2.06. The fraction of sp³-hybridized carbons (Fsp3) is 0.522. The maximum absolute atomic E-state index is 12.1. The maximum atomic E-state index is 12.1. The summed E-state index contributed by atoms with van der Waals surface area (Å²) in [5.41, 5.74) is 2.66. The highest BCUT2D eigenvalue weighted by molar-refractivity contribution is 5.89. The summed E-state index contributed by atoms with van der Waals surface area (Å²) >= 11 is 0. The Morgan fingerprint density at radius 3 is 2.11 bits per heavy atom. The van der Waals surface area contributed by atoms with Gasteiger partial charge in [-0.3, -0.25) is 0 Å². The first-order valence-electron chi connectivity index (χ1n) is 10.3. The first kappa shape index (κ1) is 21.1. The van der Waals surface area contributed by atoms with Gasteiger partial charge in [0, 0.05) is 18.0 Å². The molecule has 0 spiro atoms. The van der Waals surface area contributed by atoms with Crippen LogP contribution in [0.5, 0.6) is 0 Å². The molecule has 0 N–H and O–H groups in total. The number of carbonyl (C=O) groups excluding carboxylic acids is 1. The van der Waals surface area contributed by atoms with Crippen LogP contribution in [0.4, 0.5) is 0 Å². The molecule has 0 atom stereocenters. The zero-order valence-electron chi connectivity index (χ0n) is 16.7. The van der Waals surface area contributed by atoms with Crippen molar-refractivity contribution in [1.29, 1.82) is 0 Å². The van der Waals surface area contributed by atoms with E-state index in [-0.39, 0.29) is 5.97 Å². The zero-order chi connectivity index (χ0) is 19.3. The minimum atomic E-state index is -0.263. The zero-order valence-corrected chi connectivity index (χ0v) is 16.7. The molecule has 0 radical (unpaired) electrons. The Labute approximate surface area is 163 Å². The van der Waals surface area contributed by atoms with Gasteiger partial charge in [-0.15, -0.1) is 0 Å². The fourth-order valence-corrected chi connectivity index (χ4v) is 2.92. The molecule has 1 aromatic carbocycles. The van der Waals surface area contributed by atoms with Gasteiger partial charge in [0.25, 0.3) is 0 Å². The Hall–Kier alpha value is -2.23. The molecule has 0 aliphatic rings. The van der Waals surface area contributed by atoms with E-state index in [0.717, 1.165) is 24.8 Å². The second-order valence-electron chi connectivity index (χ2n) is 7.00. The largest absolute Gasteiger partial charge is 0.462 e. The number of aromatic nitrogens is 2. The van der Waals surface area contributed by atoms with Crippen molar-refractivity contribution in [2.24, 2.45) is 0 Å². The van der Waals surface area contributed by atoms with Crippen LogP contribution in [-0.4, -0.2) is 22.5 Å². The van der Waals surface area contributed by atoms with Crippen molar-refractivity contribution in [2.75, 3.05) is 6.61 Å². The number of esters is 1. The molecule has 1 aromatic heterocycles. The quantitative estimate of drug-likeness (QED) is 0.340. The summed E-state index contributed by atoms with van der Waals surface area (Å²) in [5, 5.41) is 0. The molecule has 0 bridgehead atoms. The van der Waals surface area contributed by atoms with Crippen LogP contribution >= 0.6 is 0 Å². The topological polar surface area (TPSA) is 52.1 Å². The first-order valence-corrected chi connectivity index (χ1v) is 10.3. The average Bonchev–Trinajstić information content (AvgIpc) is 2.71. The van der Waals surface area contributed by atoms with Crippen molar-refractivity contribution in [1.82, 2.24) is 9.97 Å². The van der Waals surface area contributed by atoms with Crippen molar-refractivity contribution in [3.8, 4) is 11.4 Å². The molecule has 0 aliphatic heterocycles. The third-order valence-electron chi connectivity index (χ3n) is 4.63. The Balaban J connectivity index is 1.84. The average molecular weight is 369 g/mol. The highest BCUT2D eigenvalue weighted by atomic mass is 16.5. The lowest BCUT2D eigenvalue weighted by molar-refractivity contribution is 0.0498. The summed E-state index contributed by atoms with van der Waals surface area (Å²) in [5.74, 6) is 0.424. The van der Waals surface area contributed by atoms with Crippen LogP contribution in [0.15, 0.2) is 36.7 Å². The van der Waals surface area contributed by atoms with E-state index in [9.17, 15) is 4.79 Å². The number of carbonyl (C=O) groups is 1. The summed E-state index contributed by atoms with van der Waals surface area (Å²) in [6.07, 6.45) is 14.2. The molecule has 4 nitrogen and oxygen atoms in total. The lowest BCUT2D eigenvalue weighted by Crippen LogP contribution is -2.06. The van der Waals surface area contributed by atoms with Gasteiger partial charge < -0.3 is 4.74 Å². The normalized spacial score (nSPS) is 10.7. The van der Waals surface area contributed by atoms with Crippen LogP contribution in [-0.2, 0) is 11.2 Å². The second kappa shape index (κ2) is 12.2. The molecule has 2 aromatic rings. The molecule has 0 fully saturated rings. The number of benzene rings is 1. The van der Waals surface area contributed by atoms with E-state index >= 15 is 0 Å².